The first kappa shape index (κ1) is 27.0. The summed E-state index contributed by atoms with van der Waals surface area (Å²) < 4.78 is 9.30. The largest absolute Gasteiger partial charge is 0.417 e. The van der Waals surface area contributed by atoms with E-state index in [4.69, 9.17) is 16.0 Å². The smallest absolute Gasteiger partial charge is 0.159 e. The average molecular weight is 603 g/mol. The Morgan fingerprint density at radius 3 is 1.50 bits per heavy atom. The maximum Gasteiger partial charge on any atom is 0.159 e. The number of benzene rings is 1. The Balaban J connectivity index is 3.79. The lowest BCUT2D eigenvalue weighted by atomic mass is 10.0. The summed E-state index contributed by atoms with van der Waals surface area (Å²) in [5.74, 6) is -0.0348. The summed E-state index contributed by atoms with van der Waals surface area (Å²) in [6.07, 6.45) is -0.412. The maximum absolute atomic E-state index is 12.4. The fourth-order valence-electron chi connectivity index (χ4n) is 5.35. The molecule has 0 bridgehead atoms. The van der Waals surface area contributed by atoms with E-state index in [0.29, 0.717) is 0 Å². The molecule has 0 aliphatic heterocycles. The number of Topliss-reactive ketones (excluding diaryl/α,β-unsaturated/α-hetero) is 1. The first-order valence-corrected chi connectivity index (χ1v) is 27.1. The van der Waals surface area contributed by atoms with Gasteiger partial charge in [-0.2, -0.15) is 0 Å². The number of ketones is 1. The lowest BCUT2D eigenvalue weighted by molar-refractivity contribution is -0.118. The molecule has 0 spiro atoms. The lowest BCUT2D eigenvalue weighted by Gasteiger charge is -2.57. The average Bonchev–Trinajstić information content (AvgIpc) is 2.41. The summed E-state index contributed by atoms with van der Waals surface area (Å²) in [5.41, 5.74) is 0.975. The minimum absolute atomic E-state index is 0.0348. The summed E-state index contributed by atoms with van der Waals surface area (Å²) in [7, 11) is -4.99. The summed E-state index contributed by atoms with van der Waals surface area (Å²) in [5, 5.41) is -0.683. The highest BCUT2D eigenvalue weighted by Crippen LogP contribution is 2.43. The molecule has 0 aromatic heterocycles. The van der Waals surface area contributed by atoms with Crippen molar-refractivity contribution in [2.75, 3.05) is 0 Å². The Labute approximate surface area is 197 Å². The molecule has 2 nitrogen and oxygen atoms in total. The van der Waals surface area contributed by atoms with Crippen LogP contribution >= 0.6 is 43.5 Å². The van der Waals surface area contributed by atoms with Crippen LogP contribution in [-0.2, 0) is 9.22 Å². The van der Waals surface area contributed by atoms with Crippen LogP contribution in [0.15, 0.2) is 27.1 Å². The van der Waals surface area contributed by atoms with E-state index in [0.717, 1.165) is 14.5 Å². The standard InChI is InChI=1S/C19H35Br2ClO2Si4/c1-14(23)18(22)19(15-11-16(20)13-17(21)12-15)24-28(25(2,3)4,26(5,6)7)27(8,9)10/h11-13,18-19H,1-10H3. The molecule has 0 N–H and O–H groups in total. The van der Waals surface area contributed by atoms with E-state index in [-0.39, 0.29) is 5.78 Å². The fraction of sp³-hybridized carbons (Fsp3) is 0.632. The Bertz CT molecular complexity index is 668. The molecule has 0 fully saturated rings. The summed E-state index contributed by atoms with van der Waals surface area (Å²) >= 11 is 13.9. The second kappa shape index (κ2) is 9.22. The fourth-order valence-corrected chi connectivity index (χ4v) is 101. The van der Waals surface area contributed by atoms with Gasteiger partial charge < -0.3 is 4.43 Å². The number of carbonyl (C=O) groups excluding carboxylic acids is 1. The first-order chi connectivity index (χ1) is 12.3. The van der Waals surface area contributed by atoms with Crippen LogP contribution in [0.2, 0.25) is 58.9 Å². The van der Waals surface area contributed by atoms with Gasteiger partial charge in [0.05, 0.1) is 28.9 Å². The number of hydrogen-bond donors (Lipinski definition) is 0. The van der Waals surface area contributed by atoms with Crippen LogP contribution in [0.1, 0.15) is 18.6 Å². The molecule has 2 atom stereocenters. The van der Waals surface area contributed by atoms with Gasteiger partial charge in [0.1, 0.15) is 5.38 Å². The third-order valence-corrected chi connectivity index (χ3v) is 74.3. The molecule has 2 unspecified atom stereocenters. The van der Waals surface area contributed by atoms with Crippen molar-refractivity contribution in [3.63, 3.8) is 0 Å². The number of hydrogen-bond acceptors (Lipinski definition) is 2. The van der Waals surface area contributed by atoms with Gasteiger partial charge in [0.2, 0.25) is 0 Å². The molecule has 1 rings (SSSR count). The van der Waals surface area contributed by atoms with Crippen molar-refractivity contribution in [3.05, 3.63) is 32.7 Å². The Morgan fingerprint density at radius 2 is 1.21 bits per heavy atom. The predicted octanol–water partition coefficient (Wildman–Crippen LogP) is 7.66. The molecule has 0 aliphatic rings. The van der Waals surface area contributed by atoms with Gasteiger partial charge in [0, 0.05) is 8.95 Å². The molecular weight excluding hydrogens is 568 g/mol. The van der Waals surface area contributed by atoms with Crippen LogP contribution in [0, 0.1) is 0 Å². The Hall–Kier alpha value is 0.968. The van der Waals surface area contributed by atoms with E-state index in [1.807, 2.05) is 18.2 Å². The number of alkyl halides is 1. The van der Waals surface area contributed by atoms with E-state index in [1.165, 1.54) is 0 Å². The van der Waals surface area contributed by atoms with Crippen LogP contribution < -0.4 is 0 Å². The van der Waals surface area contributed by atoms with Crippen molar-refractivity contribution in [2.45, 2.75) is 77.3 Å². The second-order valence-corrected chi connectivity index (χ2v) is 52.4. The molecule has 0 amide bonds. The highest BCUT2D eigenvalue weighted by molar-refractivity contribution is 9.11. The quantitative estimate of drug-likeness (QED) is 0.226. The van der Waals surface area contributed by atoms with Gasteiger partial charge in [-0.15, -0.1) is 11.6 Å². The van der Waals surface area contributed by atoms with Crippen molar-refractivity contribution in [3.8, 4) is 0 Å². The van der Waals surface area contributed by atoms with Crippen molar-refractivity contribution in [1.29, 1.82) is 0 Å². The number of carbonyl (C=O) groups is 1. The first-order valence-electron chi connectivity index (χ1n) is 9.63. The minimum Gasteiger partial charge on any atom is -0.417 e. The zero-order valence-corrected chi connectivity index (χ0v) is 26.8. The van der Waals surface area contributed by atoms with Crippen LogP contribution in [-0.4, -0.2) is 40.8 Å². The number of rotatable bonds is 8. The third kappa shape index (κ3) is 5.60. The lowest BCUT2D eigenvalue weighted by Crippen LogP contribution is -2.84. The topological polar surface area (TPSA) is 26.3 Å². The Kier molecular flexibility index (Phi) is 8.89. The second-order valence-electron chi connectivity index (χ2n) is 10.7. The van der Waals surface area contributed by atoms with Crippen LogP contribution in [0.5, 0.6) is 0 Å². The van der Waals surface area contributed by atoms with Crippen LogP contribution in [0.4, 0.5) is 0 Å². The van der Waals surface area contributed by atoms with E-state index >= 15 is 0 Å². The van der Waals surface area contributed by atoms with Crippen LogP contribution in [0.25, 0.3) is 0 Å². The normalized spacial score (nSPS) is 16.0. The zero-order valence-electron chi connectivity index (χ0n) is 18.8. The van der Waals surface area contributed by atoms with Crippen molar-refractivity contribution >= 4 is 78.9 Å². The van der Waals surface area contributed by atoms with Crippen molar-refractivity contribution < 1.29 is 9.22 Å². The van der Waals surface area contributed by atoms with Gasteiger partial charge in [-0.3, -0.25) is 4.79 Å². The van der Waals surface area contributed by atoms with E-state index in [2.05, 4.69) is 90.8 Å². The predicted molar refractivity (Wildman–Crippen MR) is 142 cm³/mol. The summed E-state index contributed by atoms with van der Waals surface area (Å²) in [6.45, 7) is 21.7. The number of halogens is 3. The summed E-state index contributed by atoms with van der Waals surface area (Å²) in [6, 6.07) is 6.09. The van der Waals surface area contributed by atoms with Gasteiger partial charge in [0.25, 0.3) is 0 Å². The van der Waals surface area contributed by atoms with E-state index < -0.39 is 41.1 Å². The molecular formula is C19H35Br2ClO2Si4. The molecule has 1 aromatic carbocycles. The molecule has 9 heteroatoms. The third-order valence-electron chi connectivity index (χ3n) is 5.34. The molecule has 0 heterocycles. The van der Waals surface area contributed by atoms with Gasteiger partial charge in [0.15, 0.2) is 12.7 Å². The maximum atomic E-state index is 12.4. The highest BCUT2D eigenvalue weighted by atomic mass is 79.9. The molecule has 0 saturated heterocycles. The van der Waals surface area contributed by atoms with E-state index in [1.54, 1.807) is 6.92 Å². The highest BCUT2D eigenvalue weighted by Gasteiger charge is 2.65. The molecule has 28 heavy (non-hydrogen) atoms. The van der Waals surface area contributed by atoms with E-state index in [9.17, 15) is 4.79 Å². The van der Waals surface area contributed by atoms with Gasteiger partial charge in [-0.1, -0.05) is 90.8 Å². The van der Waals surface area contributed by atoms with Gasteiger partial charge in [-0.25, -0.2) is 0 Å². The van der Waals surface area contributed by atoms with Gasteiger partial charge in [-0.05, 0) is 30.7 Å². The van der Waals surface area contributed by atoms with Crippen molar-refractivity contribution in [2.24, 2.45) is 0 Å². The SMILES string of the molecule is CC(=O)C(Cl)C(O[Si]([Si](C)(C)C)([Si](C)(C)C)[Si](C)(C)C)c1cc(Br)cc(Br)c1. The zero-order chi connectivity index (χ0) is 22.3. The monoisotopic (exact) mass is 600 g/mol. The summed E-state index contributed by atoms with van der Waals surface area (Å²) in [4.78, 5) is 12.4. The molecule has 0 aliphatic carbocycles. The molecule has 0 saturated carbocycles. The molecule has 160 valence electrons. The minimum atomic E-state index is -2.14. The van der Waals surface area contributed by atoms with Crippen molar-refractivity contribution in [1.82, 2.24) is 0 Å². The molecule has 1 aromatic rings. The molecule has 0 radical (unpaired) electrons. The van der Waals surface area contributed by atoms with Crippen LogP contribution in [0.3, 0.4) is 0 Å². The van der Waals surface area contributed by atoms with Gasteiger partial charge >= 0.3 is 0 Å². The Morgan fingerprint density at radius 1 is 0.857 bits per heavy atom.